The molecule has 2 aliphatic rings. The van der Waals surface area contributed by atoms with Crippen LogP contribution in [0.1, 0.15) is 40.5 Å². The van der Waals surface area contributed by atoms with Gasteiger partial charge in [-0.25, -0.2) is 0 Å². The predicted molar refractivity (Wildman–Crippen MR) is 88.8 cm³/mol. The van der Waals surface area contributed by atoms with Crippen LogP contribution in [0.15, 0.2) is 0 Å². The number of nitrogens with one attached hydrogen (secondary N) is 1. The second-order valence-corrected chi connectivity index (χ2v) is 7.36. The minimum atomic E-state index is 0.298. The van der Waals surface area contributed by atoms with Crippen LogP contribution in [0.25, 0.3) is 0 Å². The van der Waals surface area contributed by atoms with Gasteiger partial charge in [0.15, 0.2) is 0 Å². The van der Waals surface area contributed by atoms with Gasteiger partial charge in [-0.15, -0.1) is 0 Å². The van der Waals surface area contributed by atoms with E-state index < -0.39 is 0 Å². The van der Waals surface area contributed by atoms with Crippen LogP contribution in [0, 0.1) is 5.92 Å². The average molecular weight is 297 g/mol. The van der Waals surface area contributed by atoms with Crippen molar-refractivity contribution in [2.75, 3.05) is 46.4 Å². The highest BCUT2D eigenvalue weighted by molar-refractivity contribution is 4.98. The molecule has 0 aliphatic carbocycles. The molecule has 0 aromatic carbocycles. The van der Waals surface area contributed by atoms with E-state index in [1.807, 2.05) is 0 Å². The van der Waals surface area contributed by atoms with Crippen molar-refractivity contribution >= 4 is 0 Å². The van der Waals surface area contributed by atoms with E-state index >= 15 is 0 Å². The van der Waals surface area contributed by atoms with E-state index in [0.29, 0.717) is 23.6 Å². The van der Waals surface area contributed by atoms with Gasteiger partial charge in [-0.05, 0) is 25.8 Å². The Hall–Kier alpha value is -0.160. The summed E-state index contributed by atoms with van der Waals surface area (Å²) < 4.78 is 6.01. The average Bonchev–Trinajstić information content (AvgIpc) is 2.47. The monoisotopic (exact) mass is 297 g/mol. The first-order valence-corrected chi connectivity index (χ1v) is 8.79. The van der Waals surface area contributed by atoms with Crippen LogP contribution in [0.3, 0.4) is 0 Å². The first-order valence-electron chi connectivity index (χ1n) is 8.79. The highest BCUT2D eigenvalue weighted by Gasteiger charge is 2.38. The van der Waals surface area contributed by atoms with E-state index in [4.69, 9.17) is 4.74 Å². The molecule has 0 radical (unpaired) electrons. The summed E-state index contributed by atoms with van der Waals surface area (Å²) in [4.78, 5) is 5.10. The zero-order valence-corrected chi connectivity index (χ0v) is 14.7. The largest absolute Gasteiger partial charge is 0.374 e. The minimum absolute atomic E-state index is 0.298. The first-order chi connectivity index (χ1) is 9.99. The first kappa shape index (κ1) is 17.2. The van der Waals surface area contributed by atoms with Crippen LogP contribution in [-0.2, 0) is 4.74 Å². The maximum Gasteiger partial charge on any atom is 0.0829 e. The molecule has 2 atom stereocenters. The lowest BCUT2D eigenvalue weighted by molar-refractivity contribution is -0.0574. The molecule has 2 saturated heterocycles. The van der Waals surface area contributed by atoms with Gasteiger partial charge in [0.1, 0.15) is 0 Å². The van der Waals surface area contributed by atoms with Gasteiger partial charge in [-0.1, -0.05) is 27.7 Å². The lowest BCUT2D eigenvalue weighted by Crippen LogP contribution is -2.66. The molecule has 2 aliphatic heterocycles. The van der Waals surface area contributed by atoms with Crippen molar-refractivity contribution in [3.05, 3.63) is 0 Å². The van der Waals surface area contributed by atoms with Gasteiger partial charge < -0.3 is 15.0 Å². The van der Waals surface area contributed by atoms with E-state index in [1.165, 1.54) is 12.8 Å². The van der Waals surface area contributed by atoms with Crippen LogP contribution >= 0.6 is 0 Å². The molecule has 1 N–H and O–H groups in total. The second-order valence-electron chi connectivity index (χ2n) is 7.36. The highest BCUT2D eigenvalue weighted by atomic mass is 16.5. The Kier molecular flexibility index (Phi) is 6.06. The molecule has 4 heteroatoms. The number of morpholine rings is 1. The summed E-state index contributed by atoms with van der Waals surface area (Å²) in [5.41, 5.74) is 0.298. The normalized spacial score (nSPS) is 31.7. The summed E-state index contributed by atoms with van der Waals surface area (Å²) in [6, 6.07) is 0.632. The number of rotatable bonds is 5. The number of likely N-dealkylation sites (N-methyl/N-ethyl adjacent to an activating group) is 1. The Morgan fingerprint density at radius 1 is 1.29 bits per heavy atom. The number of nitrogens with zero attached hydrogens (tertiary/aromatic N) is 2. The number of ether oxygens (including phenoxy) is 1. The van der Waals surface area contributed by atoms with Crippen molar-refractivity contribution in [2.45, 2.75) is 58.2 Å². The number of hydrogen-bond donors (Lipinski definition) is 1. The zero-order chi connectivity index (χ0) is 15.5. The summed E-state index contributed by atoms with van der Waals surface area (Å²) in [7, 11) is 2.20. The van der Waals surface area contributed by atoms with Crippen LogP contribution in [-0.4, -0.2) is 73.9 Å². The Balaban J connectivity index is 2.03. The van der Waals surface area contributed by atoms with Gasteiger partial charge in [0.2, 0.25) is 0 Å². The number of piperazine rings is 1. The molecule has 0 amide bonds. The van der Waals surface area contributed by atoms with Gasteiger partial charge in [0.05, 0.1) is 12.7 Å². The topological polar surface area (TPSA) is 27.7 Å². The molecule has 21 heavy (non-hydrogen) atoms. The van der Waals surface area contributed by atoms with E-state index in [2.05, 4.69) is 49.9 Å². The van der Waals surface area contributed by atoms with Crippen LogP contribution in [0.5, 0.6) is 0 Å². The summed E-state index contributed by atoms with van der Waals surface area (Å²) >= 11 is 0. The third-order valence-corrected chi connectivity index (χ3v) is 5.56. The summed E-state index contributed by atoms with van der Waals surface area (Å²) in [6.45, 7) is 15.7. The molecule has 2 fully saturated rings. The molecule has 0 saturated carbocycles. The van der Waals surface area contributed by atoms with E-state index in [9.17, 15) is 0 Å². The molecule has 0 aromatic rings. The molecule has 2 unspecified atom stereocenters. The molecule has 0 bridgehead atoms. The molecule has 2 rings (SSSR count). The molecular weight excluding hydrogens is 262 g/mol. The lowest BCUT2D eigenvalue weighted by atomic mass is 9.86. The van der Waals surface area contributed by atoms with Crippen molar-refractivity contribution in [3.63, 3.8) is 0 Å². The van der Waals surface area contributed by atoms with Gasteiger partial charge in [0, 0.05) is 44.3 Å². The van der Waals surface area contributed by atoms with E-state index in [-0.39, 0.29) is 0 Å². The van der Waals surface area contributed by atoms with Crippen molar-refractivity contribution in [1.29, 1.82) is 0 Å². The van der Waals surface area contributed by atoms with Crippen molar-refractivity contribution in [2.24, 2.45) is 5.92 Å². The Bertz CT molecular complexity index is 317. The van der Waals surface area contributed by atoms with Gasteiger partial charge >= 0.3 is 0 Å². The highest BCUT2D eigenvalue weighted by Crippen LogP contribution is 2.26. The maximum atomic E-state index is 6.01. The zero-order valence-electron chi connectivity index (χ0n) is 14.7. The number of hydrogen-bond acceptors (Lipinski definition) is 4. The fourth-order valence-electron chi connectivity index (χ4n) is 3.83. The van der Waals surface area contributed by atoms with Gasteiger partial charge in [-0.3, -0.25) is 4.90 Å². The summed E-state index contributed by atoms with van der Waals surface area (Å²) in [6.07, 6.45) is 2.78. The quantitative estimate of drug-likeness (QED) is 0.837. The van der Waals surface area contributed by atoms with Crippen molar-refractivity contribution in [1.82, 2.24) is 15.1 Å². The third kappa shape index (κ3) is 4.19. The molecular formula is C17H35N3O. The van der Waals surface area contributed by atoms with E-state index in [1.54, 1.807) is 0 Å². The Labute approximate surface area is 131 Å². The minimum Gasteiger partial charge on any atom is -0.374 e. The van der Waals surface area contributed by atoms with Gasteiger partial charge in [-0.2, -0.15) is 0 Å². The predicted octanol–water partition coefficient (Wildman–Crippen LogP) is 1.81. The van der Waals surface area contributed by atoms with Crippen molar-refractivity contribution < 1.29 is 4.74 Å². The molecule has 4 nitrogen and oxygen atoms in total. The molecule has 2 heterocycles. The smallest absolute Gasteiger partial charge is 0.0829 e. The maximum absolute atomic E-state index is 6.01. The molecule has 0 spiro atoms. The molecule has 124 valence electrons. The van der Waals surface area contributed by atoms with Crippen molar-refractivity contribution in [3.8, 4) is 0 Å². The molecule has 0 aromatic heterocycles. The van der Waals surface area contributed by atoms with Crippen LogP contribution in [0.2, 0.25) is 0 Å². The SMILES string of the molecule is CCC1(CC)CN(CC2CN(C)CCO2)C(C(C)C)CN1. The van der Waals surface area contributed by atoms with Gasteiger partial charge in [0.25, 0.3) is 0 Å². The fraction of sp³-hybridized carbons (Fsp3) is 1.00. The van der Waals surface area contributed by atoms with Crippen LogP contribution < -0.4 is 5.32 Å². The lowest BCUT2D eigenvalue weighted by Gasteiger charge is -2.50. The Morgan fingerprint density at radius 3 is 2.57 bits per heavy atom. The van der Waals surface area contributed by atoms with E-state index in [0.717, 1.165) is 39.3 Å². The summed E-state index contributed by atoms with van der Waals surface area (Å²) in [5.74, 6) is 0.686. The fourth-order valence-corrected chi connectivity index (χ4v) is 3.83. The van der Waals surface area contributed by atoms with Crippen LogP contribution in [0.4, 0.5) is 0 Å². The Morgan fingerprint density at radius 2 is 2.00 bits per heavy atom. The summed E-state index contributed by atoms with van der Waals surface area (Å²) in [5, 5.41) is 3.85. The second kappa shape index (κ2) is 7.40. The third-order valence-electron chi connectivity index (χ3n) is 5.56. The standard InChI is InChI=1S/C17H35N3O/c1-6-17(7-2)13-20(16(10-18-17)14(3)4)12-15-11-19(5)8-9-21-15/h14-16,18H,6-13H2,1-5H3.